The molecule has 0 fully saturated rings. The Labute approximate surface area is 138 Å². The van der Waals surface area contributed by atoms with E-state index in [-0.39, 0.29) is 0 Å². The summed E-state index contributed by atoms with van der Waals surface area (Å²) in [6.07, 6.45) is 3.04. The third kappa shape index (κ3) is 4.86. The van der Waals surface area contributed by atoms with Crippen LogP contribution < -0.4 is 4.74 Å². The Kier molecular flexibility index (Phi) is 6.70. The molecule has 122 valence electrons. The number of rotatable bonds is 8. The van der Waals surface area contributed by atoms with E-state index in [9.17, 15) is 0 Å². The second-order valence-electron chi connectivity index (χ2n) is 5.12. The third-order valence-electron chi connectivity index (χ3n) is 3.52. The van der Waals surface area contributed by atoms with Gasteiger partial charge in [0, 0.05) is 12.7 Å². The lowest BCUT2D eigenvalue weighted by Gasteiger charge is -2.09. The maximum atomic E-state index is 5.58. The van der Waals surface area contributed by atoms with Crippen LogP contribution in [0, 0.1) is 0 Å². The van der Waals surface area contributed by atoms with Crippen molar-refractivity contribution in [3.8, 4) is 16.9 Å². The predicted molar refractivity (Wildman–Crippen MR) is 94.5 cm³/mol. The third-order valence-corrected chi connectivity index (χ3v) is 3.52. The largest absolute Gasteiger partial charge is 0.496 e. The second kappa shape index (κ2) is 9.01. The highest BCUT2D eigenvalue weighted by Gasteiger charge is 2.03. The quantitative estimate of drug-likeness (QED) is 0.519. The molecule has 23 heavy (non-hydrogen) atoms. The van der Waals surface area contributed by atoms with Gasteiger partial charge < -0.3 is 14.2 Å². The lowest BCUT2D eigenvalue weighted by atomic mass is 10.0. The number of methoxy groups -OCH3 is 2. The van der Waals surface area contributed by atoms with Gasteiger partial charge in [-0.2, -0.15) is 0 Å². The van der Waals surface area contributed by atoms with Gasteiger partial charge in [0.05, 0.1) is 13.7 Å². The highest BCUT2D eigenvalue weighted by Crippen LogP contribution is 2.25. The standard InChI is InChI=1S/C20H24O3/c1-4-5-20(22-3)18-8-6-16(7-9-18)17-10-12-19(13-11-17)23-15-14-21-2/h5-13H,4,14-15H2,1-3H3. The molecule has 3 heteroatoms. The van der Waals surface area contributed by atoms with Gasteiger partial charge in [-0.1, -0.05) is 43.3 Å². The molecule has 3 nitrogen and oxygen atoms in total. The molecule has 0 saturated carbocycles. The van der Waals surface area contributed by atoms with E-state index in [1.165, 1.54) is 5.56 Å². The van der Waals surface area contributed by atoms with Crippen LogP contribution in [0.1, 0.15) is 18.9 Å². The highest BCUT2D eigenvalue weighted by atomic mass is 16.5. The SMILES string of the molecule is CCC=C(OC)c1ccc(-c2ccc(OCCOC)cc2)cc1. The highest BCUT2D eigenvalue weighted by molar-refractivity contribution is 5.68. The minimum atomic E-state index is 0.564. The maximum Gasteiger partial charge on any atom is 0.122 e. The number of ether oxygens (including phenoxy) is 3. The van der Waals surface area contributed by atoms with Crippen molar-refractivity contribution in [3.63, 3.8) is 0 Å². The Hall–Kier alpha value is -2.26. The minimum Gasteiger partial charge on any atom is -0.496 e. The lowest BCUT2D eigenvalue weighted by Crippen LogP contribution is -2.03. The molecule has 0 aliphatic heterocycles. The summed E-state index contributed by atoms with van der Waals surface area (Å²) in [5, 5.41) is 0. The fourth-order valence-corrected chi connectivity index (χ4v) is 2.32. The summed E-state index contributed by atoms with van der Waals surface area (Å²) >= 11 is 0. The van der Waals surface area contributed by atoms with Gasteiger partial charge in [-0.25, -0.2) is 0 Å². The van der Waals surface area contributed by atoms with Crippen molar-refractivity contribution in [1.29, 1.82) is 0 Å². The smallest absolute Gasteiger partial charge is 0.122 e. The van der Waals surface area contributed by atoms with Crippen LogP contribution in [0.3, 0.4) is 0 Å². The fraction of sp³-hybridized carbons (Fsp3) is 0.300. The van der Waals surface area contributed by atoms with Crippen molar-refractivity contribution in [2.24, 2.45) is 0 Å². The molecule has 0 bridgehead atoms. The Morgan fingerprint density at radius 1 is 0.870 bits per heavy atom. The van der Waals surface area contributed by atoms with E-state index in [0.29, 0.717) is 13.2 Å². The molecular weight excluding hydrogens is 288 g/mol. The average molecular weight is 312 g/mol. The van der Waals surface area contributed by atoms with E-state index in [0.717, 1.165) is 29.1 Å². The summed E-state index contributed by atoms with van der Waals surface area (Å²) in [6, 6.07) is 16.5. The zero-order valence-electron chi connectivity index (χ0n) is 14.0. The Balaban J connectivity index is 2.08. The van der Waals surface area contributed by atoms with E-state index < -0.39 is 0 Å². The molecule has 0 aliphatic rings. The zero-order chi connectivity index (χ0) is 16.5. The first-order valence-electron chi connectivity index (χ1n) is 7.85. The van der Waals surface area contributed by atoms with Crippen LogP contribution in [0.15, 0.2) is 54.6 Å². The van der Waals surface area contributed by atoms with Crippen molar-refractivity contribution < 1.29 is 14.2 Å². The molecule has 0 aliphatic carbocycles. The Bertz CT molecular complexity index is 612. The van der Waals surface area contributed by atoms with Crippen molar-refractivity contribution in [2.75, 3.05) is 27.4 Å². The van der Waals surface area contributed by atoms with Gasteiger partial charge in [0.1, 0.15) is 18.1 Å². The average Bonchev–Trinajstić information content (AvgIpc) is 2.61. The number of hydrogen-bond donors (Lipinski definition) is 0. The van der Waals surface area contributed by atoms with Crippen molar-refractivity contribution in [3.05, 3.63) is 60.2 Å². The molecule has 2 aromatic rings. The van der Waals surface area contributed by atoms with Crippen LogP contribution in [-0.4, -0.2) is 27.4 Å². The van der Waals surface area contributed by atoms with Gasteiger partial charge in [-0.05, 0) is 35.8 Å². The summed E-state index contributed by atoms with van der Waals surface area (Å²) in [7, 11) is 3.37. The normalized spacial score (nSPS) is 11.3. The molecule has 0 radical (unpaired) electrons. The van der Waals surface area contributed by atoms with Crippen LogP contribution in [0.2, 0.25) is 0 Å². The van der Waals surface area contributed by atoms with Crippen LogP contribution in [-0.2, 0) is 9.47 Å². The van der Waals surface area contributed by atoms with Crippen molar-refractivity contribution in [1.82, 2.24) is 0 Å². The molecule has 0 heterocycles. The van der Waals surface area contributed by atoms with E-state index in [1.54, 1.807) is 14.2 Å². The van der Waals surface area contributed by atoms with Crippen LogP contribution >= 0.6 is 0 Å². The van der Waals surface area contributed by atoms with Gasteiger partial charge in [0.2, 0.25) is 0 Å². The van der Waals surface area contributed by atoms with Gasteiger partial charge in [0.15, 0.2) is 0 Å². The molecule has 0 N–H and O–H groups in total. The first kappa shape index (κ1) is 17.1. The Morgan fingerprint density at radius 3 is 2.00 bits per heavy atom. The van der Waals surface area contributed by atoms with Crippen LogP contribution in [0.4, 0.5) is 0 Å². The summed E-state index contributed by atoms with van der Waals surface area (Å²) < 4.78 is 16.0. The fourth-order valence-electron chi connectivity index (χ4n) is 2.32. The van der Waals surface area contributed by atoms with Gasteiger partial charge in [0.25, 0.3) is 0 Å². The summed E-state index contributed by atoms with van der Waals surface area (Å²) in [5.41, 5.74) is 3.43. The summed E-state index contributed by atoms with van der Waals surface area (Å²) in [4.78, 5) is 0. The summed E-state index contributed by atoms with van der Waals surface area (Å²) in [6.45, 7) is 3.26. The molecule has 0 unspecified atom stereocenters. The van der Waals surface area contributed by atoms with Gasteiger partial charge >= 0.3 is 0 Å². The van der Waals surface area contributed by atoms with E-state index in [2.05, 4.69) is 49.4 Å². The van der Waals surface area contributed by atoms with Gasteiger partial charge in [-0.3, -0.25) is 0 Å². The number of hydrogen-bond acceptors (Lipinski definition) is 3. The molecule has 2 aromatic carbocycles. The topological polar surface area (TPSA) is 27.7 Å². The van der Waals surface area contributed by atoms with E-state index in [1.807, 2.05) is 12.1 Å². The molecule has 0 spiro atoms. The van der Waals surface area contributed by atoms with E-state index in [4.69, 9.17) is 14.2 Å². The van der Waals surface area contributed by atoms with Crippen molar-refractivity contribution >= 4 is 5.76 Å². The number of benzene rings is 2. The first-order valence-corrected chi connectivity index (χ1v) is 7.85. The van der Waals surface area contributed by atoms with Crippen molar-refractivity contribution in [2.45, 2.75) is 13.3 Å². The van der Waals surface area contributed by atoms with Crippen LogP contribution in [0.25, 0.3) is 16.9 Å². The molecule has 0 saturated heterocycles. The second-order valence-corrected chi connectivity index (χ2v) is 5.12. The molecule has 0 atom stereocenters. The molecular formula is C20H24O3. The first-order chi connectivity index (χ1) is 11.3. The molecule has 2 rings (SSSR count). The lowest BCUT2D eigenvalue weighted by molar-refractivity contribution is 0.146. The predicted octanol–water partition coefficient (Wildman–Crippen LogP) is 4.78. The Morgan fingerprint density at radius 2 is 1.48 bits per heavy atom. The maximum absolute atomic E-state index is 5.58. The van der Waals surface area contributed by atoms with E-state index >= 15 is 0 Å². The summed E-state index contributed by atoms with van der Waals surface area (Å²) in [5.74, 6) is 1.77. The van der Waals surface area contributed by atoms with Crippen LogP contribution in [0.5, 0.6) is 5.75 Å². The number of allylic oxidation sites excluding steroid dienone is 1. The molecule has 0 aromatic heterocycles. The van der Waals surface area contributed by atoms with Gasteiger partial charge in [-0.15, -0.1) is 0 Å². The minimum absolute atomic E-state index is 0.564. The monoisotopic (exact) mass is 312 g/mol. The molecule has 0 amide bonds. The zero-order valence-corrected chi connectivity index (χ0v) is 14.0.